The zero-order chi connectivity index (χ0) is 15.9. The van der Waals surface area contributed by atoms with Gasteiger partial charge in [0.2, 0.25) is 0 Å². The Morgan fingerprint density at radius 2 is 2.14 bits per heavy atom. The van der Waals surface area contributed by atoms with Gasteiger partial charge in [0.25, 0.3) is 0 Å². The Kier molecular flexibility index (Phi) is 5.31. The molecule has 1 aromatic carbocycles. The molecule has 0 saturated carbocycles. The van der Waals surface area contributed by atoms with E-state index in [0.29, 0.717) is 6.61 Å². The van der Waals surface area contributed by atoms with Crippen LogP contribution in [0.1, 0.15) is 24.6 Å². The van der Waals surface area contributed by atoms with Crippen molar-refractivity contribution >= 4 is 12.0 Å². The Morgan fingerprint density at radius 3 is 2.82 bits per heavy atom. The van der Waals surface area contributed by atoms with E-state index in [1.165, 1.54) is 0 Å². The second kappa shape index (κ2) is 7.41. The predicted octanol–water partition coefficient (Wildman–Crippen LogP) is 3.94. The van der Waals surface area contributed by atoms with Gasteiger partial charge in [0.15, 0.2) is 0 Å². The van der Waals surface area contributed by atoms with Gasteiger partial charge in [-0.05, 0) is 43.2 Å². The van der Waals surface area contributed by atoms with Gasteiger partial charge in [-0.3, -0.25) is 4.98 Å². The average Bonchev–Trinajstić information content (AvgIpc) is 2.52. The van der Waals surface area contributed by atoms with Crippen molar-refractivity contribution in [1.29, 1.82) is 0 Å². The third-order valence-corrected chi connectivity index (χ3v) is 3.13. The van der Waals surface area contributed by atoms with Crippen LogP contribution in [0.5, 0.6) is 5.75 Å². The molecule has 0 aliphatic heterocycles. The summed E-state index contributed by atoms with van der Waals surface area (Å²) in [7, 11) is 0. The number of carboxylic acids is 1. The normalized spacial score (nSPS) is 10.8. The van der Waals surface area contributed by atoms with E-state index in [1.807, 2.05) is 43.3 Å². The van der Waals surface area contributed by atoms with Crippen LogP contribution in [0.15, 0.2) is 42.5 Å². The van der Waals surface area contributed by atoms with Crippen LogP contribution in [-0.4, -0.2) is 22.7 Å². The lowest BCUT2D eigenvalue weighted by Crippen LogP contribution is -1.96. The predicted molar refractivity (Wildman–Crippen MR) is 86.9 cm³/mol. The number of nitrogens with zero attached hydrogens (tertiary/aromatic N) is 1. The molecular weight excluding hydrogens is 278 g/mol. The first kappa shape index (κ1) is 15.8. The van der Waals surface area contributed by atoms with Crippen LogP contribution in [0.2, 0.25) is 0 Å². The van der Waals surface area contributed by atoms with Crippen molar-refractivity contribution in [2.24, 2.45) is 0 Å². The number of pyridine rings is 1. The van der Waals surface area contributed by atoms with Crippen molar-refractivity contribution < 1.29 is 14.6 Å². The second-order valence-electron chi connectivity index (χ2n) is 4.92. The quantitative estimate of drug-likeness (QED) is 0.820. The number of carbonyl (C=O) groups is 1. The van der Waals surface area contributed by atoms with Gasteiger partial charge >= 0.3 is 5.97 Å². The molecule has 22 heavy (non-hydrogen) atoms. The van der Waals surface area contributed by atoms with Crippen LogP contribution >= 0.6 is 0 Å². The lowest BCUT2D eigenvalue weighted by Gasteiger charge is -2.08. The standard InChI is InChI=1S/C18H19NO3/c1-3-11-22-16-6-4-5-15(12-16)17-9-7-14(13(2)19-17)8-10-18(20)21/h4-10,12H,3,11H2,1-2H3,(H,20,21)/b10-8+. The molecule has 1 N–H and O–H groups in total. The summed E-state index contributed by atoms with van der Waals surface area (Å²) in [6.45, 7) is 4.62. The zero-order valence-corrected chi connectivity index (χ0v) is 12.7. The Hall–Kier alpha value is -2.62. The minimum atomic E-state index is -0.968. The van der Waals surface area contributed by atoms with Crippen LogP contribution in [0.4, 0.5) is 0 Å². The summed E-state index contributed by atoms with van der Waals surface area (Å²) in [6, 6.07) is 11.6. The van der Waals surface area contributed by atoms with E-state index in [9.17, 15) is 4.79 Å². The van der Waals surface area contributed by atoms with E-state index >= 15 is 0 Å². The molecule has 4 heteroatoms. The molecule has 0 spiro atoms. The minimum absolute atomic E-state index is 0.689. The highest BCUT2D eigenvalue weighted by Crippen LogP contribution is 2.24. The lowest BCUT2D eigenvalue weighted by atomic mass is 10.1. The van der Waals surface area contributed by atoms with Crippen molar-refractivity contribution in [1.82, 2.24) is 4.98 Å². The maximum absolute atomic E-state index is 10.6. The molecule has 0 radical (unpaired) electrons. The fourth-order valence-corrected chi connectivity index (χ4v) is 2.03. The first-order chi connectivity index (χ1) is 10.6. The topological polar surface area (TPSA) is 59.4 Å². The molecule has 0 aliphatic carbocycles. The highest BCUT2D eigenvalue weighted by Gasteiger charge is 2.04. The van der Waals surface area contributed by atoms with Crippen molar-refractivity contribution in [3.63, 3.8) is 0 Å². The van der Waals surface area contributed by atoms with Crippen molar-refractivity contribution in [3.05, 3.63) is 53.7 Å². The zero-order valence-electron chi connectivity index (χ0n) is 12.7. The molecule has 0 bridgehead atoms. The fraction of sp³-hybridized carbons (Fsp3) is 0.222. The number of rotatable bonds is 6. The number of aromatic nitrogens is 1. The van der Waals surface area contributed by atoms with Crippen molar-refractivity contribution in [2.75, 3.05) is 6.61 Å². The lowest BCUT2D eigenvalue weighted by molar-refractivity contribution is -0.131. The third-order valence-electron chi connectivity index (χ3n) is 3.13. The monoisotopic (exact) mass is 297 g/mol. The van der Waals surface area contributed by atoms with E-state index in [4.69, 9.17) is 9.84 Å². The first-order valence-electron chi connectivity index (χ1n) is 7.22. The van der Waals surface area contributed by atoms with Crippen LogP contribution < -0.4 is 4.74 Å². The highest BCUT2D eigenvalue weighted by atomic mass is 16.5. The summed E-state index contributed by atoms with van der Waals surface area (Å²) in [5, 5.41) is 8.68. The largest absolute Gasteiger partial charge is 0.494 e. The Balaban J connectivity index is 2.26. The average molecular weight is 297 g/mol. The summed E-state index contributed by atoms with van der Waals surface area (Å²) < 4.78 is 5.63. The molecule has 1 aromatic heterocycles. The number of aryl methyl sites for hydroxylation is 1. The maximum Gasteiger partial charge on any atom is 0.328 e. The Bertz CT molecular complexity index is 692. The first-order valence-corrected chi connectivity index (χ1v) is 7.22. The van der Waals surface area contributed by atoms with Crippen LogP contribution in [-0.2, 0) is 4.79 Å². The number of aliphatic carboxylic acids is 1. The molecule has 0 saturated heterocycles. The molecule has 0 amide bonds. The number of ether oxygens (including phenoxy) is 1. The number of hydrogen-bond acceptors (Lipinski definition) is 3. The van der Waals surface area contributed by atoms with Crippen LogP contribution in [0, 0.1) is 6.92 Å². The van der Waals surface area contributed by atoms with Gasteiger partial charge in [0.1, 0.15) is 5.75 Å². The van der Waals surface area contributed by atoms with Gasteiger partial charge in [0, 0.05) is 17.3 Å². The molecule has 2 aromatic rings. The molecule has 1 heterocycles. The molecule has 2 rings (SSSR count). The van der Waals surface area contributed by atoms with Gasteiger partial charge in [-0.25, -0.2) is 4.79 Å². The van der Waals surface area contributed by atoms with E-state index in [1.54, 1.807) is 6.08 Å². The smallest absolute Gasteiger partial charge is 0.328 e. The second-order valence-corrected chi connectivity index (χ2v) is 4.92. The van der Waals surface area contributed by atoms with E-state index in [0.717, 1.165) is 40.8 Å². The molecule has 0 aliphatic rings. The van der Waals surface area contributed by atoms with E-state index in [2.05, 4.69) is 11.9 Å². The summed E-state index contributed by atoms with van der Waals surface area (Å²) in [6.07, 6.45) is 3.63. The van der Waals surface area contributed by atoms with Crippen LogP contribution in [0.3, 0.4) is 0 Å². The van der Waals surface area contributed by atoms with Gasteiger partial charge in [-0.2, -0.15) is 0 Å². The molecule has 0 unspecified atom stereocenters. The van der Waals surface area contributed by atoms with Crippen molar-refractivity contribution in [3.8, 4) is 17.0 Å². The number of carboxylic acid groups (broad SMARTS) is 1. The Morgan fingerprint density at radius 1 is 1.32 bits per heavy atom. The summed E-state index contributed by atoms with van der Waals surface area (Å²) in [5.74, 6) is -0.141. The number of hydrogen-bond donors (Lipinski definition) is 1. The van der Waals surface area contributed by atoms with Crippen LogP contribution in [0.25, 0.3) is 17.3 Å². The van der Waals surface area contributed by atoms with Gasteiger partial charge in [-0.1, -0.05) is 25.1 Å². The van der Waals surface area contributed by atoms with Gasteiger partial charge < -0.3 is 9.84 Å². The van der Waals surface area contributed by atoms with Gasteiger partial charge in [0.05, 0.1) is 12.3 Å². The fourth-order valence-electron chi connectivity index (χ4n) is 2.03. The highest BCUT2D eigenvalue weighted by molar-refractivity contribution is 5.85. The third kappa shape index (κ3) is 4.19. The SMILES string of the molecule is CCCOc1cccc(-c2ccc(/C=C/C(=O)O)c(C)n2)c1. The minimum Gasteiger partial charge on any atom is -0.494 e. The van der Waals surface area contributed by atoms with Crippen molar-refractivity contribution in [2.45, 2.75) is 20.3 Å². The summed E-state index contributed by atoms with van der Waals surface area (Å²) >= 11 is 0. The molecular formula is C18H19NO3. The van der Waals surface area contributed by atoms with E-state index in [-0.39, 0.29) is 0 Å². The maximum atomic E-state index is 10.6. The molecule has 0 fully saturated rings. The number of benzene rings is 1. The van der Waals surface area contributed by atoms with Gasteiger partial charge in [-0.15, -0.1) is 0 Å². The molecule has 0 atom stereocenters. The molecule has 4 nitrogen and oxygen atoms in total. The summed E-state index contributed by atoms with van der Waals surface area (Å²) in [5.41, 5.74) is 3.40. The van der Waals surface area contributed by atoms with E-state index < -0.39 is 5.97 Å². The molecule has 114 valence electrons. The summed E-state index contributed by atoms with van der Waals surface area (Å²) in [4.78, 5) is 15.1. The Labute approximate surface area is 130 Å².